The molecule has 0 saturated heterocycles. The Morgan fingerprint density at radius 2 is 2.06 bits per heavy atom. The van der Waals surface area contributed by atoms with Crippen molar-refractivity contribution in [3.05, 3.63) is 35.9 Å². The van der Waals surface area contributed by atoms with Gasteiger partial charge in [-0.3, -0.25) is 0 Å². The van der Waals surface area contributed by atoms with Crippen LogP contribution in [0.25, 0.3) is 5.57 Å². The van der Waals surface area contributed by atoms with Gasteiger partial charge in [0.2, 0.25) is 0 Å². The van der Waals surface area contributed by atoms with Crippen molar-refractivity contribution in [2.45, 2.75) is 6.18 Å². The molecule has 0 unspecified atom stereocenters. The second-order valence-corrected chi connectivity index (χ2v) is 3.22. The summed E-state index contributed by atoms with van der Waals surface area (Å²) in [6, 6.07) is 3.59. The maximum absolute atomic E-state index is 12.5. The Labute approximate surface area is 91.5 Å². The molecular formula is C11H12F3NO. The van der Waals surface area contributed by atoms with Gasteiger partial charge in [-0.15, -0.1) is 0 Å². The minimum Gasteiger partial charge on any atom is -0.496 e. The molecule has 0 radical (unpaired) electrons. The van der Waals surface area contributed by atoms with E-state index in [2.05, 4.69) is 6.58 Å². The Bertz CT molecular complexity index is 399. The van der Waals surface area contributed by atoms with Gasteiger partial charge in [0.1, 0.15) is 5.75 Å². The van der Waals surface area contributed by atoms with Crippen LogP contribution < -0.4 is 10.5 Å². The number of hydrogen-bond acceptors (Lipinski definition) is 2. The molecule has 0 spiro atoms. The molecule has 1 rings (SSSR count). The molecule has 0 fully saturated rings. The Kier molecular flexibility index (Phi) is 3.59. The van der Waals surface area contributed by atoms with Crippen molar-refractivity contribution in [3.63, 3.8) is 0 Å². The Hall–Kier alpha value is -1.49. The highest BCUT2D eigenvalue weighted by Gasteiger charge is 2.34. The lowest BCUT2D eigenvalue weighted by atomic mass is 10.0. The number of rotatable bonds is 3. The number of nitrogens with two attached hydrogens (primary N) is 1. The molecule has 0 aliphatic carbocycles. The summed E-state index contributed by atoms with van der Waals surface area (Å²) < 4.78 is 42.3. The molecular weight excluding hydrogens is 219 g/mol. The van der Waals surface area contributed by atoms with E-state index in [9.17, 15) is 13.2 Å². The van der Waals surface area contributed by atoms with E-state index in [1.165, 1.54) is 19.2 Å². The van der Waals surface area contributed by atoms with Gasteiger partial charge in [-0.1, -0.05) is 12.6 Å². The first-order chi connectivity index (χ1) is 7.40. The third-order valence-corrected chi connectivity index (χ3v) is 2.16. The molecule has 1 aromatic rings. The molecule has 1 aromatic carbocycles. The predicted octanol–water partition coefficient (Wildman–Crippen LogP) is 2.69. The Morgan fingerprint density at radius 1 is 1.44 bits per heavy atom. The van der Waals surface area contributed by atoms with Crippen LogP contribution in [0.5, 0.6) is 5.75 Å². The van der Waals surface area contributed by atoms with Gasteiger partial charge in [0.25, 0.3) is 0 Å². The molecule has 0 bridgehead atoms. The zero-order chi connectivity index (χ0) is 12.3. The van der Waals surface area contributed by atoms with Crippen LogP contribution in [0.1, 0.15) is 11.1 Å². The van der Waals surface area contributed by atoms with Crippen molar-refractivity contribution >= 4 is 5.57 Å². The molecule has 0 atom stereocenters. The number of hydrogen-bond donors (Lipinski definition) is 1. The minimum absolute atomic E-state index is 0.189. The van der Waals surface area contributed by atoms with E-state index in [4.69, 9.17) is 10.5 Å². The van der Waals surface area contributed by atoms with Gasteiger partial charge in [-0.2, -0.15) is 13.2 Å². The standard InChI is InChI=1S/C11H12F3NO/c1-7(6-15)8-3-4-9(11(12,13)14)10(5-8)16-2/h3-5H,1,6,15H2,2H3. The predicted molar refractivity (Wildman–Crippen MR) is 56.1 cm³/mol. The smallest absolute Gasteiger partial charge is 0.419 e. The summed E-state index contributed by atoms with van der Waals surface area (Å²) in [5.41, 5.74) is 5.67. The second kappa shape index (κ2) is 4.57. The summed E-state index contributed by atoms with van der Waals surface area (Å²) in [7, 11) is 1.19. The Morgan fingerprint density at radius 3 is 2.50 bits per heavy atom. The first kappa shape index (κ1) is 12.6. The lowest BCUT2D eigenvalue weighted by molar-refractivity contribution is -0.138. The average molecular weight is 231 g/mol. The third-order valence-electron chi connectivity index (χ3n) is 2.16. The maximum Gasteiger partial charge on any atom is 0.419 e. The second-order valence-electron chi connectivity index (χ2n) is 3.22. The Balaban J connectivity index is 3.22. The van der Waals surface area contributed by atoms with Gasteiger partial charge in [0.05, 0.1) is 12.7 Å². The quantitative estimate of drug-likeness (QED) is 0.868. The average Bonchev–Trinajstić information content (AvgIpc) is 2.25. The molecule has 0 heterocycles. The summed E-state index contributed by atoms with van der Waals surface area (Å²) in [5.74, 6) is -0.223. The van der Waals surface area contributed by atoms with E-state index < -0.39 is 11.7 Å². The number of benzene rings is 1. The number of alkyl halides is 3. The summed E-state index contributed by atoms with van der Waals surface area (Å²) in [6.45, 7) is 3.84. The lowest BCUT2D eigenvalue weighted by Gasteiger charge is -2.13. The van der Waals surface area contributed by atoms with Crippen molar-refractivity contribution in [3.8, 4) is 5.75 Å². The van der Waals surface area contributed by atoms with Crippen molar-refractivity contribution in [2.24, 2.45) is 5.73 Å². The fourth-order valence-electron chi connectivity index (χ4n) is 1.26. The molecule has 0 saturated carbocycles. The van der Waals surface area contributed by atoms with Crippen LogP contribution in [0, 0.1) is 0 Å². The van der Waals surface area contributed by atoms with Crippen molar-refractivity contribution in [1.82, 2.24) is 0 Å². The molecule has 2 nitrogen and oxygen atoms in total. The SMILES string of the molecule is C=C(CN)c1ccc(C(F)(F)F)c(OC)c1. The normalized spacial score (nSPS) is 11.3. The fourth-order valence-corrected chi connectivity index (χ4v) is 1.26. The van der Waals surface area contributed by atoms with Gasteiger partial charge in [-0.05, 0) is 23.3 Å². The molecule has 5 heteroatoms. The first-order valence-electron chi connectivity index (χ1n) is 4.53. The van der Waals surface area contributed by atoms with Crippen LogP contribution >= 0.6 is 0 Å². The summed E-state index contributed by atoms with van der Waals surface area (Å²) in [6.07, 6.45) is -4.42. The maximum atomic E-state index is 12.5. The van der Waals surface area contributed by atoms with Gasteiger partial charge < -0.3 is 10.5 Å². The topological polar surface area (TPSA) is 35.2 Å². The highest BCUT2D eigenvalue weighted by molar-refractivity contribution is 5.66. The van der Waals surface area contributed by atoms with E-state index in [-0.39, 0.29) is 12.3 Å². The minimum atomic E-state index is -4.42. The van der Waals surface area contributed by atoms with Crippen LogP contribution in [-0.4, -0.2) is 13.7 Å². The first-order valence-corrected chi connectivity index (χ1v) is 4.53. The van der Waals surface area contributed by atoms with Crippen LogP contribution in [0.4, 0.5) is 13.2 Å². The molecule has 2 N–H and O–H groups in total. The largest absolute Gasteiger partial charge is 0.496 e. The van der Waals surface area contributed by atoms with Crippen molar-refractivity contribution in [1.29, 1.82) is 0 Å². The van der Waals surface area contributed by atoms with Crippen LogP contribution in [0.15, 0.2) is 24.8 Å². The monoisotopic (exact) mass is 231 g/mol. The van der Waals surface area contributed by atoms with E-state index in [0.717, 1.165) is 6.07 Å². The third kappa shape index (κ3) is 2.55. The highest BCUT2D eigenvalue weighted by atomic mass is 19.4. The molecule has 88 valence electrons. The van der Waals surface area contributed by atoms with Crippen LogP contribution in [0.3, 0.4) is 0 Å². The number of ether oxygens (including phenoxy) is 1. The lowest BCUT2D eigenvalue weighted by Crippen LogP contribution is -2.08. The van der Waals surface area contributed by atoms with E-state index >= 15 is 0 Å². The molecule has 0 aromatic heterocycles. The zero-order valence-corrected chi connectivity index (χ0v) is 8.77. The van der Waals surface area contributed by atoms with Crippen LogP contribution in [-0.2, 0) is 6.18 Å². The zero-order valence-electron chi connectivity index (χ0n) is 8.77. The molecule has 16 heavy (non-hydrogen) atoms. The number of methoxy groups -OCH3 is 1. The van der Waals surface area contributed by atoms with Gasteiger partial charge in [0.15, 0.2) is 0 Å². The summed E-state index contributed by atoms with van der Waals surface area (Å²) >= 11 is 0. The summed E-state index contributed by atoms with van der Waals surface area (Å²) in [4.78, 5) is 0. The molecule has 0 aliphatic heterocycles. The molecule has 0 amide bonds. The number of halogens is 3. The van der Waals surface area contributed by atoms with Crippen LogP contribution in [0.2, 0.25) is 0 Å². The van der Waals surface area contributed by atoms with E-state index in [1.54, 1.807) is 0 Å². The van der Waals surface area contributed by atoms with Gasteiger partial charge in [0, 0.05) is 6.54 Å². The van der Waals surface area contributed by atoms with Gasteiger partial charge in [-0.25, -0.2) is 0 Å². The van der Waals surface area contributed by atoms with Crippen molar-refractivity contribution < 1.29 is 17.9 Å². The van der Waals surface area contributed by atoms with Crippen molar-refractivity contribution in [2.75, 3.05) is 13.7 Å². The fraction of sp³-hybridized carbons (Fsp3) is 0.273. The highest BCUT2D eigenvalue weighted by Crippen LogP contribution is 2.37. The van der Waals surface area contributed by atoms with E-state index in [1.807, 2.05) is 0 Å². The molecule has 0 aliphatic rings. The van der Waals surface area contributed by atoms with E-state index in [0.29, 0.717) is 11.1 Å². The van der Waals surface area contributed by atoms with Gasteiger partial charge >= 0.3 is 6.18 Å². The summed E-state index contributed by atoms with van der Waals surface area (Å²) in [5, 5.41) is 0.